The molecule has 0 saturated carbocycles. The van der Waals surface area contributed by atoms with Crippen LogP contribution in [-0.2, 0) is 18.9 Å². The quantitative estimate of drug-likeness (QED) is 0.262. The predicted molar refractivity (Wildman–Crippen MR) is 65.4 cm³/mol. The van der Waals surface area contributed by atoms with Crippen LogP contribution in [0.2, 0.25) is 0 Å². The highest BCUT2D eigenvalue weighted by molar-refractivity contribution is 4.35. The van der Waals surface area contributed by atoms with Crippen LogP contribution in [0.4, 0.5) is 0 Å². The third-order valence-corrected chi connectivity index (χ3v) is 1.88. The third-order valence-electron chi connectivity index (χ3n) is 1.88. The second kappa shape index (κ2) is 14.3. The third kappa shape index (κ3) is 15.2. The Morgan fingerprint density at radius 2 is 1.17 bits per heavy atom. The molecule has 0 aliphatic rings. The van der Waals surface area contributed by atoms with Gasteiger partial charge >= 0.3 is 0 Å². The Balaban J connectivity index is 2.92. The van der Waals surface area contributed by atoms with Gasteiger partial charge in [0, 0.05) is 11.5 Å². The molecule has 0 fully saturated rings. The SMILES string of the molecule is CCCOCCOCCOCCOCC[N+](=O)[O-]. The number of rotatable bonds is 14. The van der Waals surface area contributed by atoms with Crippen LogP contribution in [0.3, 0.4) is 0 Å². The van der Waals surface area contributed by atoms with Gasteiger partial charge in [0.2, 0.25) is 6.54 Å². The first-order chi connectivity index (χ1) is 8.77. The normalized spacial score (nSPS) is 10.7. The molecule has 0 radical (unpaired) electrons. The van der Waals surface area contributed by atoms with Crippen molar-refractivity contribution in [3.05, 3.63) is 10.1 Å². The molecule has 0 amide bonds. The fourth-order valence-corrected chi connectivity index (χ4v) is 1.05. The van der Waals surface area contributed by atoms with Crippen LogP contribution in [0.5, 0.6) is 0 Å². The lowest BCUT2D eigenvalue weighted by molar-refractivity contribution is -0.483. The molecule has 0 aliphatic heterocycles. The van der Waals surface area contributed by atoms with Crippen molar-refractivity contribution in [2.45, 2.75) is 13.3 Å². The van der Waals surface area contributed by atoms with E-state index in [2.05, 4.69) is 6.92 Å². The largest absolute Gasteiger partial charge is 0.379 e. The van der Waals surface area contributed by atoms with Crippen molar-refractivity contribution in [1.29, 1.82) is 0 Å². The summed E-state index contributed by atoms with van der Waals surface area (Å²) >= 11 is 0. The van der Waals surface area contributed by atoms with Crippen LogP contribution in [0.15, 0.2) is 0 Å². The predicted octanol–water partition coefficient (Wildman–Crippen LogP) is 0.740. The summed E-state index contributed by atoms with van der Waals surface area (Å²) in [6.07, 6.45) is 1.01. The standard InChI is InChI=1S/C11H23NO6/c1-2-4-15-6-8-17-10-11-18-9-7-16-5-3-12(13)14/h2-11H2,1H3. The second-order valence-corrected chi connectivity index (χ2v) is 3.51. The molecule has 0 atom stereocenters. The highest BCUT2D eigenvalue weighted by Crippen LogP contribution is 1.84. The molecule has 0 bridgehead atoms. The number of ether oxygens (including phenoxy) is 4. The molecule has 0 rings (SSSR count). The van der Waals surface area contributed by atoms with E-state index in [4.69, 9.17) is 18.9 Å². The summed E-state index contributed by atoms with van der Waals surface area (Å²) in [4.78, 5) is 9.56. The molecule has 7 nitrogen and oxygen atoms in total. The molecule has 0 spiro atoms. The highest BCUT2D eigenvalue weighted by atomic mass is 16.6. The van der Waals surface area contributed by atoms with Gasteiger partial charge in [-0.1, -0.05) is 6.92 Å². The van der Waals surface area contributed by atoms with Crippen LogP contribution < -0.4 is 0 Å². The van der Waals surface area contributed by atoms with Gasteiger partial charge in [-0.3, -0.25) is 10.1 Å². The molecule has 0 unspecified atom stereocenters. The summed E-state index contributed by atoms with van der Waals surface area (Å²) in [5, 5.41) is 9.97. The molecular weight excluding hydrogens is 242 g/mol. The molecule has 0 saturated heterocycles. The molecule has 0 aromatic rings. The van der Waals surface area contributed by atoms with Gasteiger partial charge in [0.25, 0.3) is 0 Å². The Hall–Kier alpha value is -0.760. The van der Waals surface area contributed by atoms with Crippen molar-refractivity contribution in [3.8, 4) is 0 Å². The first-order valence-electron chi connectivity index (χ1n) is 6.20. The number of nitro groups is 1. The minimum Gasteiger partial charge on any atom is -0.379 e. The van der Waals surface area contributed by atoms with E-state index in [9.17, 15) is 10.1 Å². The summed E-state index contributed by atoms with van der Waals surface area (Å²) in [5.74, 6) is 0. The zero-order valence-electron chi connectivity index (χ0n) is 11.0. The monoisotopic (exact) mass is 265 g/mol. The van der Waals surface area contributed by atoms with E-state index in [1.165, 1.54) is 0 Å². The van der Waals surface area contributed by atoms with Gasteiger partial charge in [0.1, 0.15) is 6.61 Å². The molecule has 0 aromatic carbocycles. The topological polar surface area (TPSA) is 80.1 Å². The second-order valence-electron chi connectivity index (χ2n) is 3.51. The summed E-state index contributed by atoms with van der Waals surface area (Å²) in [6.45, 7) is 5.77. The molecule has 18 heavy (non-hydrogen) atoms. The molecule has 0 aliphatic carbocycles. The van der Waals surface area contributed by atoms with Crippen molar-refractivity contribution < 1.29 is 23.9 Å². The Labute approximate surface area is 107 Å². The van der Waals surface area contributed by atoms with Crippen LogP contribution in [0.1, 0.15) is 13.3 Å². The van der Waals surface area contributed by atoms with Gasteiger partial charge < -0.3 is 18.9 Å². The lowest BCUT2D eigenvalue weighted by atomic mass is 10.5. The minimum atomic E-state index is -0.407. The van der Waals surface area contributed by atoms with Gasteiger partial charge in [-0.15, -0.1) is 0 Å². The first kappa shape index (κ1) is 17.2. The van der Waals surface area contributed by atoms with Gasteiger partial charge in [0.15, 0.2) is 0 Å². The molecule has 0 N–H and O–H groups in total. The summed E-state index contributed by atoms with van der Waals surface area (Å²) < 4.78 is 20.7. The smallest absolute Gasteiger partial charge is 0.226 e. The van der Waals surface area contributed by atoms with E-state index < -0.39 is 4.92 Å². The Morgan fingerprint density at radius 1 is 0.778 bits per heavy atom. The Kier molecular flexibility index (Phi) is 13.7. The highest BCUT2D eigenvalue weighted by Gasteiger charge is 1.96. The van der Waals surface area contributed by atoms with E-state index in [0.29, 0.717) is 39.6 Å². The average molecular weight is 265 g/mol. The number of hydrogen-bond donors (Lipinski definition) is 0. The average Bonchev–Trinajstić information content (AvgIpc) is 2.34. The van der Waals surface area contributed by atoms with Crippen molar-refractivity contribution in [3.63, 3.8) is 0 Å². The van der Waals surface area contributed by atoms with Crippen molar-refractivity contribution in [1.82, 2.24) is 0 Å². The first-order valence-corrected chi connectivity index (χ1v) is 6.20. The Bertz CT molecular complexity index is 190. The lowest BCUT2D eigenvalue weighted by Crippen LogP contribution is -2.14. The molecular formula is C11H23NO6. The minimum absolute atomic E-state index is 0.127. The van der Waals surface area contributed by atoms with Gasteiger partial charge in [0.05, 0.1) is 39.6 Å². The molecule has 0 aromatic heterocycles. The summed E-state index contributed by atoms with van der Waals surface area (Å²) in [7, 11) is 0. The van der Waals surface area contributed by atoms with E-state index in [1.54, 1.807) is 0 Å². The zero-order chi connectivity index (χ0) is 13.5. The van der Waals surface area contributed by atoms with Gasteiger partial charge in [-0.05, 0) is 6.42 Å². The fourth-order valence-electron chi connectivity index (χ4n) is 1.05. The van der Waals surface area contributed by atoms with E-state index in [-0.39, 0.29) is 13.2 Å². The molecule has 108 valence electrons. The van der Waals surface area contributed by atoms with E-state index in [1.807, 2.05) is 0 Å². The lowest BCUT2D eigenvalue weighted by Gasteiger charge is -2.06. The van der Waals surface area contributed by atoms with Gasteiger partial charge in [-0.25, -0.2) is 0 Å². The van der Waals surface area contributed by atoms with Crippen LogP contribution in [0, 0.1) is 10.1 Å². The molecule has 0 heterocycles. The number of hydrogen-bond acceptors (Lipinski definition) is 6. The molecule has 7 heteroatoms. The zero-order valence-corrected chi connectivity index (χ0v) is 11.0. The maximum absolute atomic E-state index is 9.97. The van der Waals surface area contributed by atoms with Crippen molar-refractivity contribution in [2.24, 2.45) is 0 Å². The van der Waals surface area contributed by atoms with Crippen LogP contribution in [0.25, 0.3) is 0 Å². The maximum atomic E-state index is 9.97. The summed E-state index contributed by atoms with van der Waals surface area (Å²) in [5.41, 5.74) is 0. The van der Waals surface area contributed by atoms with Crippen LogP contribution >= 0.6 is 0 Å². The van der Waals surface area contributed by atoms with E-state index in [0.717, 1.165) is 13.0 Å². The Morgan fingerprint density at radius 3 is 1.56 bits per heavy atom. The summed E-state index contributed by atoms with van der Waals surface area (Å²) in [6, 6.07) is 0. The van der Waals surface area contributed by atoms with Crippen molar-refractivity contribution >= 4 is 0 Å². The van der Waals surface area contributed by atoms with E-state index >= 15 is 0 Å². The van der Waals surface area contributed by atoms with Gasteiger partial charge in [-0.2, -0.15) is 0 Å². The fraction of sp³-hybridized carbons (Fsp3) is 1.00. The van der Waals surface area contributed by atoms with Crippen molar-refractivity contribution in [2.75, 3.05) is 59.4 Å². The number of nitrogens with zero attached hydrogens (tertiary/aromatic N) is 1. The van der Waals surface area contributed by atoms with Crippen LogP contribution in [-0.4, -0.2) is 64.3 Å². The maximum Gasteiger partial charge on any atom is 0.226 e.